The van der Waals surface area contributed by atoms with Crippen molar-refractivity contribution < 1.29 is 21.5 Å². The quantitative estimate of drug-likeness (QED) is 0.472. The van der Waals surface area contributed by atoms with Crippen LogP contribution in [-0.2, 0) is 0 Å². The molecule has 2 heteroatoms. The fraction of sp³-hybridized carbons (Fsp3) is 1.00. The lowest BCUT2D eigenvalue weighted by molar-refractivity contribution is -0.897. The molecule has 1 rings (SSSR count). The molecule has 0 amide bonds. The fourth-order valence-corrected chi connectivity index (χ4v) is 2.60. The van der Waals surface area contributed by atoms with Crippen molar-refractivity contribution in [1.82, 2.24) is 0 Å². The predicted molar refractivity (Wildman–Crippen MR) is 63.4 cm³/mol. The van der Waals surface area contributed by atoms with Crippen LogP contribution in [-0.4, -0.2) is 31.2 Å². The van der Waals surface area contributed by atoms with Crippen molar-refractivity contribution >= 4 is 0 Å². The van der Waals surface area contributed by atoms with Gasteiger partial charge in [0, 0.05) is 12.8 Å². The zero-order valence-electron chi connectivity index (χ0n) is 10.6. The zero-order valence-corrected chi connectivity index (χ0v) is 12.2. The minimum Gasteiger partial charge on any atom is -1.00 e. The van der Waals surface area contributed by atoms with Gasteiger partial charge >= 0.3 is 0 Å². The third kappa shape index (κ3) is 6.57. The van der Waals surface area contributed by atoms with Crippen LogP contribution in [0.3, 0.4) is 0 Å². The Morgan fingerprint density at radius 2 is 1.40 bits per heavy atom. The van der Waals surface area contributed by atoms with Crippen LogP contribution < -0.4 is 17.0 Å². The highest BCUT2D eigenvalue weighted by Crippen LogP contribution is 2.17. The fourth-order valence-electron chi connectivity index (χ4n) is 2.60. The molecule has 0 aromatic heterocycles. The maximum atomic E-state index is 2.44. The third-order valence-corrected chi connectivity index (χ3v) is 3.70. The summed E-state index contributed by atoms with van der Waals surface area (Å²) in [6.07, 6.45) is 11.6. The smallest absolute Gasteiger partial charge is 0.0786 e. The minimum atomic E-state index is 0. The molecule has 0 atom stereocenters. The summed E-state index contributed by atoms with van der Waals surface area (Å²) in [5.41, 5.74) is 0. The molecule has 1 aliphatic rings. The Hall–Kier alpha value is 0.440. The van der Waals surface area contributed by atoms with E-state index in [-0.39, 0.29) is 17.0 Å². The van der Waals surface area contributed by atoms with Crippen molar-refractivity contribution in [2.75, 3.05) is 26.7 Å². The van der Waals surface area contributed by atoms with E-state index in [1.54, 1.807) is 0 Å². The molecule has 1 fully saturated rings. The predicted octanol–water partition coefficient (Wildman–Crippen LogP) is 0.591. The molecule has 92 valence electrons. The molecular formula is C13H28BrN. The van der Waals surface area contributed by atoms with Gasteiger partial charge in [0.1, 0.15) is 0 Å². The Balaban J connectivity index is 0.00000196. The molecule has 0 aromatic rings. The van der Waals surface area contributed by atoms with E-state index in [9.17, 15) is 0 Å². The Kier molecular flexibility index (Phi) is 8.83. The molecular weight excluding hydrogens is 250 g/mol. The van der Waals surface area contributed by atoms with E-state index in [1.807, 2.05) is 0 Å². The van der Waals surface area contributed by atoms with Gasteiger partial charge in [-0.2, -0.15) is 0 Å². The number of rotatable bonds is 7. The molecule has 0 unspecified atom stereocenters. The van der Waals surface area contributed by atoms with E-state index in [1.165, 1.54) is 75.5 Å². The van der Waals surface area contributed by atoms with E-state index < -0.39 is 0 Å². The lowest BCUT2D eigenvalue weighted by atomic mass is 10.1. The van der Waals surface area contributed by atoms with Gasteiger partial charge in [-0.25, -0.2) is 0 Å². The second-order valence-corrected chi connectivity index (χ2v) is 5.27. The monoisotopic (exact) mass is 277 g/mol. The minimum absolute atomic E-state index is 0. The molecule has 0 bridgehead atoms. The zero-order chi connectivity index (χ0) is 10.3. The Morgan fingerprint density at radius 1 is 0.867 bits per heavy atom. The molecule has 0 aliphatic carbocycles. The molecule has 1 nitrogen and oxygen atoms in total. The van der Waals surface area contributed by atoms with Crippen molar-refractivity contribution in [3.05, 3.63) is 0 Å². The van der Waals surface area contributed by atoms with Gasteiger partial charge in [0.25, 0.3) is 0 Å². The number of unbranched alkanes of at least 4 members (excludes halogenated alkanes) is 5. The lowest BCUT2D eigenvalue weighted by Gasteiger charge is -2.29. The summed E-state index contributed by atoms with van der Waals surface area (Å²) in [7, 11) is 2.44. The van der Waals surface area contributed by atoms with Crippen LogP contribution in [0.1, 0.15) is 58.3 Å². The Labute approximate surface area is 107 Å². The van der Waals surface area contributed by atoms with Crippen molar-refractivity contribution in [2.45, 2.75) is 58.3 Å². The van der Waals surface area contributed by atoms with Crippen molar-refractivity contribution in [2.24, 2.45) is 0 Å². The molecule has 15 heavy (non-hydrogen) atoms. The van der Waals surface area contributed by atoms with Crippen LogP contribution in [0.5, 0.6) is 0 Å². The molecule has 0 radical (unpaired) electrons. The van der Waals surface area contributed by atoms with Crippen LogP contribution in [0.15, 0.2) is 0 Å². The standard InChI is InChI=1S/C13H28N.BrH/c1-3-4-5-6-7-8-11-14(2)12-9-10-13-14;/h3-13H2,1-2H3;1H/q+1;/p-1. The van der Waals surface area contributed by atoms with Crippen LogP contribution in [0.2, 0.25) is 0 Å². The second-order valence-electron chi connectivity index (χ2n) is 5.27. The summed E-state index contributed by atoms with van der Waals surface area (Å²) in [6, 6.07) is 0. The number of nitrogens with zero attached hydrogens (tertiary/aromatic N) is 1. The van der Waals surface area contributed by atoms with E-state index in [4.69, 9.17) is 0 Å². The first-order valence-electron chi connectivity index (χ1n) is 6.60. The number of quaternary nitrogens is 1. The van der Waals surface area contributed by atoms with Crippen molar-refractivity contribution in [3.8, 4) is 0 Å². The largest absolute Gasteiger partial charge is 1.00 e. The topological polar surface area (TPSA) is 0 Å². The van der Waals surface area contributed by atoms with Gasteiger partial charge in [0.15, 0.2) is 0 Å². The molecule has 0 aromatic carbocycles. The molecule has 1 heterocycles. The number of halogens is 1. The maximum Gasteiger partial charge on any atom is 0.0786 e. The van der Waals surface area contributed by atoms with Gasteiger partial charge in [0.2, 0.25) is 0 Å². The normalized spacial score (nSPS) is 18.8. The first-order chi connectivity index (χ1) is 6.77. The van der Waals surface area contributed by atoms with E-state index >= 15 is 0 Å². The summed E-state index contributed by atoms with van der Waals surface area (Å²) in [4.78, 5) is 0. The van der Waals surface area contributed by atoms with E-state index in [2.05, 4.69) is 14.0 Å². The highest BCUT2D eigenvalue weighted by molar-refractivity contribution is 4.52. The van der Waals surface area contributed by atoms with Crippen LogP contribution in [0, 0.1) is 0 Å². The summed E-state index contributed by atoms with van der Waals surface area (Å²) in [6.45, 7) is 6.60. The average Bonchev–Trinajstić information content (AvgIpc) is 2.59. The van der Waals surface area contributed by atoms with Crippen LogP contribution >= 0.6 is 0 Å². The maximum absolute atomic E-state index is 2.44. The lowest BCUT2D eigenvalue weighted by Crippen LogP contribution is -3.00. The summed E-state index contributed by atoms with van der Waals surface area (Å²) in [5, 5.41) is 0. The highest BCUT2D eigenvalue weighted by atomic mass is 79.9. The Morgan fingerprint density at radius 3 is 2.00 bits per heavy atom. The average molecular weight is 278 g/mol. The molecule has 1 aliphatic heterocycles. The first kappa shape index (κ1) is 15.4. The van der Waals surface area contributed by atoms with Crippen LogP contribution in [0.4, 0.5) is 0 Å². The van der Waals surface area contributed by atoms with E-state index in [0.29, 0.717) is 0 Å². The molecule has 0 saturated carbocycles. The summed E-state index contributed by atoms with van der Waals surface area (Å²) in [5.74, 6) is 0. The van der Waals surface area contributed by atoms with Crippen molar-refractivity contribution in [1.29, 1.82) is 0 Å². The van der Waals surface area contributed by atoms with Crippen molar-refractivity contribution in [3.63, 3.8) is 0 Å². The molecule has 0 spiro atoms. The molecule has 0 N–H and O–H groups in total. The van der Waals surface area contributed by atoms with Crippen LogP contribution in [0.25, 0.3) is 0 Å². The second kappa shape index (κ2) is 8.58. The van der Waals surface area contributed by atoms with Gasteiger partial charge in [-0.1, -0.05) is 32.6 Å². The number of hydrogen-bond donors (Lipinski definition) is 0. The van der Waals surface area contributed by atoms with Gasteiger partial charge in [0.05, 0.1) is 26.7 Å². The third-order valence-electron chi connectivity index (χ3n) is 3.70. The number of likely N-dealkylation sites (tertiary alicyclic amines) is 1. The first-order valence-corrected chi connectivity index (χ1v) is 6.60. The SMILES string of the molecule is CCCCCCCC[N+]1(C)CCCC1.[Br-]. The number of hydrogen-bond acceptors (Lipinski definition) is 0. The van der Waals surface area contributed by atoms with Gasteiger partial charge < -0.3 is 21.5 Å². The molecule has 1 saturated heterocycles. The Bertz CT molecular complexity index is 141. The highest BCUT2D eigenvalue weighted by Gasteiger charge is 2.25. The van der Waals surface area contributed by atoms with Gasteiger partial charge in [-0.15, -0.1) is 0 Å². The summed E-state index contributed by atoms with van der Waals surface area (Å²) < 4.78 is 1.37. The summed E-state index contributed by atoms with van der Waals surface area (Å²) >= 11 is 0. The van der Waals surface area contributed by atoms with Gasteiger partial charge in [-0.3, -0.25) is 0 Å². The van der Waals surface area contributed by atoms with E-state index in [0.717, 1.165) is 0 Å². The van der Waals surface area contributed by atoms with Gasteiger partial charge in [-0.05, 0) is 12.8 Å².